The van der Waals surface area contributed by atoms with Gasteiger partial charge in [-0.25, -0.2) is 10.1 Å². The number of imidazole rings is 1. The number of fused-ring (bicyclic) bond motifs is 2. The number of aromatic amines is 1. The molecule has 0 aliphatic carbocycles. The molecule has 3 heterocycles. The fraction of sp³-hybridized carbons (Fsp3) is 0.0667. The Morgan fingerprint density at radius 3 is 3.00 bits per heavy atom. The van der Waals surface area contributed by atoms with Gasteiger partial charge in [0.25, 0.3) is 5.56 Å². The summed E-state index contributed by atoms with van der Waals surface area (Å²) in [6, 6.07) is 5.59. The SMILES string of the molecule is NCc1n[nH]c(=O)c2ccc(-c3cnc4cnccn34)cc12. The lowest BCUT2D eigenvalue weighted by molar-refractivity contribution is 0.900. The quantitative estimate of drug-likeness (QED) is 0.576. The van der Waals surface area contributed by atoms with E-state index in [0.717, 1.165) is 22.3 Å². The highest BCUT2D eigenvalue weighted by Gasteiger charge is 2.10. The van der Waals surface area contributed by atoms with E-state index in [1.54, 1.807) is 24.7 Å². The Bertz CT molecular complexity index is 1050. The highest BCUT2D eigenvalue weighted by Crippen LogP contribution is 2.24. The fourth-order valence-electron chi connectivity index (χ4n) is 2.59. The van der Waals surface area contributed by atoms with Crippen molar-refractivity contribution in [1.82, 2.24) is 24.6 Å². The highest BCUT2D eigenvalue weighted by molar-refractivity contribution is 5.88. The Kier molecular flexibility index (Phi) is 2.73. The number of hydrogen-bond acceptors (Lipinski definition) is 5. The second kappa shape index (κ2) is 4.74. The molecule has 0 fully saturated rings. The van der Waals surface area contributed by atoms with Crippen LogP contribution in [0.5, 0.6) is 0 Å². The monoisotopic (exact) mass is 292 g/mol. The lowest BCUT2D eigenvalue weighted by Crippen LogP contribution is -2.13. The van der Waals surface area contributed by atoms with Crippen molar-refractivity contribution in [3.63, 3.8) is 0 Å². The molecule has 22 heavy (non-hydrogen) atoms. The zero-order valence-electron chi connectivity index (χ0n) is 11.5. The third-order valence-corrected chi connectivity index (χ3v) is 3.67. The van der Waals surface area contributed by atoms with Crippen LogP contribution in [-0.2, 0) is 6.54 Å². The maximum Gasteiger partial charge on any atom is 0.272 e. The minimum Gasteiger partial charge on any atom is -0.325 e. The van der Waals surface area contributed by atoms with E-state index in [0.29, 0.717) is 11.1 Å². The van der Waals surface area contributed by atoms with Gasteiger partial charge in [-0.15, -0.1) is 0 Å². The molecule has 0 aliphatic heterocycles. The summed E-state index contributed by atoms with van der Waals surface area (Å²) in [7, 11) is 0. The summed E-state index contributed by atoms with van der Waals surface area (Å²) in [5, 5.41) is 7.82. The van der Waals surface area contributed by atoms with Gasteiger partial charge in [0.05, 0.1) is 29.2 Å². The molecule has 0 amide bonds. The molecule has 4 aromatic rings. The smallest absolute Gasteiger partial charge is 0.272 e. The minimum absolute atomic E-state index is 0.221. The fourth-order valence-corrected chi connectivity index (χ4v) is 2.59. The van der Waals surface area contributed by atoms with E-state index in [9.17, 15) is 4.79 Å². The van der Waals surface area contributed by atoms with Crippen molar-refractivity contribution in [3.8, 4) is 11.3 Å². The molecule has 0 spiro atoms. The van der Waals surface area contributed by atoms with E-state index >= 15 is 0 Å². The van der Waals surface area contributed by atoms with Gasteiger partial charge in [0.1, 0.15) is 0 Å². The summed E-state index contributed by atoms with van der Waals surface area (Å²) in [6.07, 6.45) is 7.03. The molecule has 0 saturated heterocycles. The number of nitrogens with zero attached hydrogens (tertiary/aromatic N) is 4. The lowest BCUT2D eigenvalue weighted by Gasteiger charge is -2.06. The van der Waals surface area contributed by atoms with Gasteiger partial charge >= 0.3 is 0 Å². The van der Waals surface area contributed by atoms with Crippen LogP contribution in [0.4, 0.5) is 0 Å². The summed E-state index contributed by atoms with van der Waals surface area (Å²) in [5.41, 5.74) is 8.77. The van der Waals surface area contributed by atoms with Gasteiger partial charge in [0.2, 0.25) is 0 Å². The Balaban J connectivity index is 2.02. The van der Waals surface area contributed by atoms with Gasteiger partial charge in [0, 0.05) is 29.9 Å². The highest BCUT2D eigenvalue weighted by atomic mass is 16.1. The lowest BCUT2D eigenvalue weighted by atomic mass is 10.1. The Labute approximate surface area is 124 Å². The molecular weight excluding hydrogens is 280 g/mol. The number of H-pyrrole nitrogens is 1. The average Bonchev–Trinajstić information content (AvgIpc) is 2.99. The van der Waals surface area contributed by atoms with Gasteiger partial charge in [-0.1, -0.05) is 6.07 Å². The van der Waals surface area contributed by atoms with Crippen LogP contribution < -0.4 is 11.3 Å². The molecular formula is C15H12N6O. The van der Waals surface area contributed by atoms with Crippen LogP contribution in [0.2, 0.25) is 0 Å². The molecule has 0 aliphatic rings. The summed E-state index contributed by atoms with van der Waals surface area (Å²) >= 11 is 0. The number of nitrogens with one attached hydrogen (secondary N) is 1. The summed E-state index contributed by atoms with van der Waals surface area (Å²) in [6.45, 7) is 0.258. The van der Waals surface area contributed by atoms with Crippen molar-refractivity contribution in [2.75, 3.05) is 0 Å². The molecule has 3 N–H and O–H groups in total. The van der Waals surface area contributed by atoms with E-state index in [2.05, 4.69) is 20.2 Å². The molecule has 4 rings (SSSR count). The van der Waals surface area contributed by atoms with Crippen molar-refractivity contribution in [2.24, 2.45) is 5.73 Å². The number of hydrogen-bond donors (Lipinski definition) is 2. The zero-order valence-corrected chi connectivity index (χ0v) is 11.5. The van der Waals surface area contributed by atoms with Crippen LogP contribution in [0, 0.1) is 0 Å². The molecule has 7 nitrogen and oxygen atoms in total. The molecule has 0 radical (unpaired) electrons. The Morgan fingerprint density at radius 1 is 1.23 bits per heavy atom. The third-order valence-electron chi connectivity index (χ3n) is 3.67. The van der Waals surface area contributed by atoms with Gasteiger partial charge in [-0.05, 0) is 12.1 Å². The van der Waals surface area contributed by atoms with Gasteiger partial charge < -0.3 is 5.73 Å². The van der Waals surface area contributed by atoms with Crippen LogP contribution in [-0.4, -0.2) is 24.6 Å². The molecule has 0 bridgehead atoms. The van der Waals surface area contributed by atoms with Crippen molar-refractivity contribution in [1.29, 1.82) is 0 Å². The first-order valence-corrected chi connectivity index (χ1v) is 6.77. The molecule has 1 aromatic carbocycles. The predicted octanol–water partition coefficient (Wildman–Crippen LogP) is 1.09. The molecule has 3 aromatic heterocycles. The largest absolute Gasteiger partial charge is 0.325 e. The van der Waals surface area contributed by atoms with Crippen molar-refractivity contribution < 1.29 is 0 Å². The van der Waals surface area contributed by atoms with Crippen LogP contribution in [0.1, 0.15) is 5.69 Å². The first kappa shape index (κ1) is 12.7. The van der Waals surface area contributed by atoms with Crippen LogP contribution in [0.3, 0.4) is 0 Å². The van der Waals surface area contributed by atoms with Crippen LogP contribution >= 0.6 is 0 Å². The second-order valence-corrected chi connectivity index (χ2v) is 4.91. The summed E-state index contributed by atoms with van der Waals surface area (Å²) in [4.78, 5) is 20.3. The predicted molar refractivity (Wildman–Crippen MR) is 82.2 cm³/mol. The number of benzene rings is 1. The molecule has 7 heteroatoms. The van der Waals surface area contributed by atoms with Gasteiger partial charge in [0.15, 0.2) is 5.65 Å². The molecule has 0 atom stereocenters. The maximum atomic E-state index is 11.9. The number of nitrogens with two attached hydrogens (primary N) is 1. The second-order valence-electron chi connectivity index (χ2n) is 4.91. The van der Waals surface area contributed by atoms with E-state index in [4.69, 9.17) is 5.73 Å². The molecule has 0 unspecified atom stereocenters. The van der Waals surface area contributed by atoms with E-state index in [-0.39, 0.29) is 12.1 Å². The average molecular weight is 292 g/mol. The van der Waals surface area contributed by atoms with Gasteiger partial charge in [-0.3, -0.25) is 14.2 Å². The Morgan fingerprint density at radius 2 is 2.14 bits per heavy atom. The summed E-state index contributed by atoms with van der Waals surface area (Å²) < 4.78 is 1.94. The third kappa shape index (κ3) is 1.80. The first-order chi connectivity index (χ1) is 10.8. The van der Waals surface area contributed by atoms with Crippen LogP contribution in [0.15, 0.2) is 47.8 Å². The minimum atomic E-state index is -0.221. The normalized spacial score (nSPS) is 11.3. The van der Waals surface area contributed by atoms with Crippen molar-refractivity contribution in [2.45, 2.75) is 6.54 Å². The standard InChI is InChI=1S/C15H12N6O/c16-6-12-11-5-9(1-2-10(11)15(22)20-19-12)13-7-18-14-8-17-3-4-21(13)14/h1-5,7-8H,6,16H2,(H,20,22). The topological polar surface area (TPSA) is 102 Å². The summed E-state index contributed by atoms with van der Waals surface area (Å²) in [5.74, 6) is 0. The Hall–Kier alpha value is -3.06. The van der Waals surface area contributed by atoms with E-state index < -0.39 is 0 Å². The zero-order chi connectivity index (χ0) is 15.1. The molecule has 0 saturated carbocycles. The number of rotatable bonds is 2. The van der Waals surface area contributed by atoms with Crippen molar-refractivity contribution in [3.05, 3.63) is 59.0 Å². The van der Waals surface area contributed by atoms with E-state index in [1.807, 2.05) is 22.7 Å². The number of aromatic nitrogens is 5. The maximum absolute atomic E-state index is 11.9. The van der Waals surface area contributed by atoms with E-state index in [1.165, 1.54) is 0 Å². The molecule has 108 valence electrons. The van der Waals surface area contributed by atoms with Crippen LogP contribution in [0.25, 0.3) is 27.7 Å². The first-order valence-electron chi connectivity index (χ1n) is 6.77. The van der Waals surface area contributed by atoms with Gasteiger partial charge in [-0.2, -0.15) is 5.10 Å². The van der Waals surface area contributed by atoms with Crippen molar-refractivity contribution >= 4 is 16.4 Å².